The molecule has 1 aliphatic carbocycles. The molecule has 7 nitrogen and oxygen atoms in total. The molecular weight excluding hydrogens is 354 g/mol. The van der Waals surface area contributed by atoms with E-state index in [1.807, 2.05) is 0 Å². The van der Waals surface area contributed by atoms with Gasteiger partial charge in [-0.25, -0.2) is 8.42 Å². The molecule has 0 heterocycles. The predicted molar refractivity (Wildman–Crippen MR) is 97.3 cm³/mol. The molecule has 1 aromatic rings. The van der Waals surface area contributed by atoms with Gasteiger partial charge in [0.25, 0.3) is 0 Å². The minimum atomic E-state index is -3.41. The molecule has 0 spiro atoms. The van der Waals surface area contributed by atoms with Crippen LogP contribution in [-0.4, -0.2) is 33.2 Å². The maximum Gasteiger partial charge on any atom is 0.244 e. The zero-order chi connectivity index (χ0) is 17.1. The number of anilines is 2. The Kier molecular flexibility index (Phi) is 6.88. The van der Waals surface area contributed by atoms with Gasteiger partial charge in [-0.3, -0.25) is 9.52 Å². The largest absolute Gasteiger partial charge is 0.494 e. The number of hydrogen-bond acceptors (Lipinski definition) is 5. The molecule has 0 atom stereocenters. The van der Waals surface area contributed by atoms with E-state index >= 15 is 0 Å². The monoisotopic (exact) mass is 377 g/mol. The molecule has 136 valence electrons. The summed E-state index contributed by atoms with van der Waals surface area (Å²) in [5, 5.41) is 2.80. The van der Waals surface area contributed by atoms with Crippen LogP contribution in [0.1, 0.15) is 32.1 Å². The van der Waals surface area contributed by atoms with Crippen LogP contribution in [0.2, 0.25) is 0 Å². The van der Waals surface area contributed by atoms with Gasteiger partial charge in [0.15, 0.2) is 0 Å². The third-order valence-electron chi connectivity index (χ3n) is 3.95. The fourth-order valence-corrected chi connectivity index (χ4v) is 3.29. The third kappa shape index (κ3) is 5.25. The SMILES string of the molecule is COc1cc(NC(=O)C2(N)CCCCC2)ccc1NS(C)(=O)=O.Cl. The topological polar surface area (TPSA) is 111 Å². The van der Waals surface area contributed by atoms with Crippen molar-refractivity contribution in [3.8, 4) is 5.75 Å². The number of nitrogens with one attached hydrogen (secondary N) is 2. The number of methoxy groups -OCH3 is 1. The van der Waals surface area contributed by atoms with E-state index < -0.39 is 15.6 Å². The van der Waals surface area contributed by atoms with Gasteiger partial charge in [0.05, 0.1) is 24.6 Å². The Morgan fingerprint density at radius 3 is 2.42 bits per heavy atom. The number of hydrogen-bond donors (Lipinski definition) is 3. The normalized spacial score (nSPS) is 16.6. The summed E-state index contributed by atoms with van der Waals surface area (Å²) in [4.78, 5) is 12.4. The lowest BCUT2D eigenvalue weighted by Gasteiger charge is -2.31. The van der Waals surface area contributed by atoms with Gasteiger partial charge in [0, 0.05) is 11.8 Å². The van der Waals surface area contributed by atoms with Crippen LogP contribution in [0.25, 0.3) is 0 Å². The van der Waals surface area contributed by atoms with E-state index in [-0.39, 0.29) is 18.3 Å². The summed E-state index contributed by atoms with van der Waals surface area (Å²) in [7, 11) is -1.98. The number of halogens is 1. The number of benzene rings is 1. The van der Waals surface area contributed by atoms with Crippen molar-refractivity contribution >= 4 is 39.7 Å². The number of rotatable bonds is 5. The van der Waals surface area contributed by atoms with E-state index in [1.54, 1.807) is 18.2 Å². The number of sulfonamides is 1. The summed E-state index contributed by atoms with van der Waals surface area (Å²) in [6, 6.07) is 4.72. The maximum atomic E-state index is 12.4. The molecule has 0 aliphatic heterocycles. The summed E-state index contributed by atoms with van der Waals surface area (Å²) >= 11 is 0. The summed E-state index contributed by atoms with van der Waals surface area (Å²) in [5.41, 5.74) is 6.19. The second-order valence-electron chi connectivity index (χ2n) is 5.96. The van der Waals surface area contributed by atoms with Crippen molar-refractivity contribution in [2.75, 3.05) is 23.4 Å². The zero-order valence-electron chi connectivity index (χ0n) is 13.8. The average Bonchev–Trinajstić information content (AvgIpc) is 2.48. The van der Waals surface area contributed by atoms with E-state index in [1.165, 1.54) is 7.11 Å². The molecule has 0 bridgehead atoms. The van der Waals surface area contributed by atoms with Gasteiger partial charge in [-0.05, 0) is 25.0 Å². The van der Waals surface area contributed by atoms with Crippen molar-refractivity contribution in [1.82, 2.24) is 0 Å². The fourth-order valence-electron chi connectivity index (χ4n) is 2.72. The zero-order valence-corrected chi connectivity index (χ0v) is 15.4. The quantitative estimate of drug-likeness (QED) is 0.727. The first-order valence-corrected chi connectivity index (χ1v) is 9.39. The van der Waals surface area contributed by atoms with Crippen LogP contribution in [0.3, 0.4) is 0 Å². The van der Waals surface area contributed by atoms with Crippen molar-refractivity contribution < 1.29 is 17.9 Å². The van der Waals surface area contributed by atoms with Crippen LogP contribution >= 0.6 is 12.4 Å². The molecular formula is C15H24ClN3O4S. The highest BCUT2D eigenvalue weighted by Gasteiger charge is 2.35. The van der Waals surface area contributed by atoms with E-state index in [9.17, 15) is 13.2 Å². The smallest absolute Gasteiger partial charge is 0.244 e. The van der Waals surface area contributed by atoms with Crippen molar-refractivity contribution in [2.45, 2.75) is 37.6 Å². The highest BCUT2D eigenvalue weighted by Crippen LogP contribution is 2.31. The van der Waals surface area contributed by atoms with Crippen LogP contribution < -0.4 is 20.5 Å². The highest BCUT2D eigenvalue weighted by molar-refractivity contribution is 7.92. The van der Waals surface area contributed by atoms with Gasteiger partial charge in [0.1, 0.15) is 5.75 Å². The van der Waals surface area contributed by atoms with Crippen LogP contribution in [0.15, 0.2) is 18.2 Å². The maximum absolute atomic E-state index is 12.4. The molecule has 1 fully saturated rings. The molecule has 1 saturated carbocycles. The number of carbonyl (C=O) groups is 1. The molecule has 0 unspecified atom stereocenters. The molecule has 0 saturated heterocycles. The summed E-state index contributed by atoms with van der Waals surface area (Å²) in [6.07, 6.45) is 5.40. The second kappa shape index (κ2) is 8.04. The van der Waals surface area contributed by atoms with Crippen LogP contribution in [0.4, 0.5) is 11.4 Å². The van der Waals surface area contributed by atoms with Crippen LogP contribution in [-0.2, 0) is 14.8 Å². The van der Waals surface area contributed by atoms with Gasteiger partial charge in [-0.1, -0.05) is 19.3 Å². The summed E-state index contributed by atoms with van der Waals surface area (Å²) in [5.74, 6) is 0.103. The fraction of sp³-hybridized carbons (Fsp3) is 0.533. The van der Waals surface area contributed by atoms with Gasteiger partial charge in [0.2, 0.25) is 15.9 Å². The Labute approximate surface area is 148 Å². The van der Waals surface area contributed by atoms with Gasteiger partial charge in [-0.15, -0.1) is 12.4 Å². The Morgan fingerprint density at radius 2 is 1.88 bits per heavy atom. The molecule has 0 aromatic heterocycles. The van der Waals surface area contributed by atoms with E-state index in [0.717, 1.165) is 25.5 Å². The second-order valence-corrected chi connectivity index (χ2v) is 7.71. The molecule has 2 rings (SSSR count). The van der Waals surface area contributed by atoms with Gasteiger partial charge in [-0.2, -0.15) is 0 Å². The number of carbonyl (C=O) groups excluding carboxylic acids is 1. The standard InChI is InChI=1S/C15H23N3O4S.ClH/c1-22-13-10-11(6-7-12(13)18-23(2,20)21)17-14(19)15(16)8-4-3-5-9-15;/h6-7,10,18H,3-5,8-9,16H2,1-2H3,(H,17,19);1H. The van der Waals surface area contributed by atoms with Crippen molar-refractivity contribution in [3.63, 3.8) is 0 Å². The molecule has 1 aromatic carbocycles. The Bertz CT molecular complexity index is 688. The molecule has 1 aliphatic rings. The average molecular weight is 378 g/mol. The van der Waals surface area contributed by atoms with Gasteiger partial charge < -0.3 is 15.8 Å². The van der Waals surface area contributed by atoms with E-state index in [0.29, 0.717) is 30.0 Å². The van der Waals surface area contributed by atoms with Crippen molar-refractivity contribution in [3.05, 3.63) is 18.2 Å². The third-order valence-corrected chi connectivity index (χ3v) is 4.54. The van der Waals surface area contributed by atoms with Crippen molar-refractivity contribution in [2.24, 2.45) is 5.73 Å². The van der Waals surface area contributed by atoms with Gasteiger partial charge >= 0.3 is 0 Å². The highest BCUT2D eigenvalue weighted by atomic mass is 35.5. The summed E-state index contributed by atoms with van der Waals surface area (Å²) < 4.78 is 30.2. The number of ether oxygens (including phenoxy) is 1. The van der Waals surface area contributed by atoms with Crippen LogP contribution in [0, 0.1) is 0 Å². The van der Waals surface area contributed by atoms with Crippen molar-refractivity contribution in [1.29, 1.82) is 0 Å². The van der Waals surface area contributed by atoms with E-state index in [2.05, 4.69) is 10.0 Å². The molecule has 9 heteroatoms. The lowest BCUT2D eigenvalue weighted by molar-refractivity contribution is -0.122. The number of nitrogens with two attached hydrogens (primary N) is 1. The molecule has 1 amide bonds. The molecule has 4 N–H and O–H groups in total. The first-order valence-electron chi connectivity index (χ1n) is 7.50. The molecule has 0 radical (unpaired) electrons. The first-order chi connectivity index (χ1) is 10.7. The summed E-state index contributed by atoms with van der Waals surface area (Å²) in [6.45, 7) is 0. The first kappa shape index (κ1) is 20.5. The Balaban J connectivity index is 0.00000288. The minimum Gasteiger partial charge on any atom is -0.494 e. The van der Waals surface area contributed by atoms with Crippen LogP contribution in [0.5, 0.6) is 5.75 Å². The number of amides is 1. The minimum absolute atomic E-state index is 0. The predicted octanol–water partition coefficient (Wildman–Crippen LogP) is 2.09. The van der Waals surface area contributed by atoms with E-state index in [4.69, 9.17) is 10.5 Å². The Hall–Kier alpha value is -1.51. The lowest BCUT2D eigenvalue weighted by atomic mass is 9.82. The Morgan fingerprint density at radius 1 is 1.25 bits per heavy atom. The molecule has 24 heavy (non-hydrogen) atoms. The lowest BCUT2D eigenvalue weighted by Crippen LogP contribution is -2.52.